The lowest BCUT2D eigenvalue weighted by molar-refractivity contribution is 0.181. The SMILES string of the molecule is CN=C(NCCCc1nc(C(C)C)no1)N(C)CC1CCOC1.I. The third-order valence-corrected chi connectivity index (χ3v) is 3.98. The molecule has 1 aromatic rings. The number of halogens is 1. The molecule has 1 atom stereocenters. The lowest BCUT2D eigenvalue weighted by Crippen LogP contribution is -2.41. The molecule has 1 saturated heterocycles. The van der Waals surface area contributed by atoms with Crippen molar-refractivity contribution in [2.24, 2.45) is 10.9 Å². The third-order valence-electron chi connectivity index (χ3n) is 3.98. The molecule has 1 N–H and O–H groups in total. The van der Waals surface area contributed by atoms with Gasteiger partial charge in [0.05, 0.1) is 6.61 Å². The first kappa shape index (κ1) is 21.1. The maximum atomic E-state index is 5.43. The minimum absolute atomic E-state index is 0. The molecule has 1 aliphatic heterocycles. The van der Waals surface area contributed by atoms with E-state index in [1.807, 2.05) is 7.05 Å². The molecule has 24 heavy (non-hydrogen) atoms. The maximum absolute atomic E-state index is 5.43. The Morgan fingerprint density at radius 3 is 2.83 bits per heavy atom. The van der Waals surface area contributed by atoms with Crippen LogP contribution in [0.3, 0.4) is 0 Å². The smallest absolute Gasteiger partial charge is 0.226 e. The van der Waals surface area contributed by atoms with E-state index in [0.717, 1.165) is 57.3 Å². The molecular formula is C16H30IN5O2. The van der Waals surface area contributed by atoms with Gasteiger partial charge in [-0.05, 0) is 12.8 Å². The summed E-state index contributed by atoms with van der Waals surface area (Å²) < 4.78 is 10.7. The summed E-state index contributed by atoms with van der Waals surface area (Å²) in [5, 5.41) is 7.37. The van der Waals surface area contributed by atoms with Gasteiger partial charge in [0.25, 0.3) is 0 Å². The van der Waals surface area contributed by atoms with Gasteiger partial charge >= 0.3 is 0 Å². The highest BCUT2D eigenvalue weighted by molar-refractivity contribution is 14.0. The van der Waals surface area contributed by atoms with Crippen molar-refractivity contribution >= 4 is 29.9 Å². The van der Waals surface area contributed by atoms with Crippen molar-refractivity contribution in [2.45, 2.75) is 39.0 Å². The van der Waals surface area contributed by atoms with Gasteiger partial charge in [-0.3, -0.25) is 4.99 Å². The normalized spacial score (nSPS) is 17.9. The molecule has 0 aromatic carbocycles. The number of hydrogen-bond acceptors (Lipinski definition) is 5. The zero-order valence-electron chi connectivity index (χ0n) is 15.1. The Bertz CT molecular complexity index is 500. The van der Waals surface area contributed by atoms with Gasteiger partial charge in [0.1, 0.15) is 0 Å². The van der Waals surface area contributed by atoms with E-state index >= 15 is 0 Å². The Morgan fingerprint density at radius 2 is 2.25 bits per heavy atom. The molecule has 1 aromatic heterocycles. The Morgan fingerprint density at radius 1 is 1.46 bits per heavy atom. The second-order valence-electron chi connectivity index (χ2n) is 6.39. The number of aliphatic imine (C=N–C) groups is 1. The van der Waals surface area contributed by atoms with Gasteiger partial charge in [-0.1, -0.05) is 19.0 Å². The predicted molar refractivity (Wildman–Crippen MR) is 105 cm³/mol. The molecule has 0 amide bonds. The van der Waals surface area contributed by atoms with Crippen LogP contribution in [0, 0.1) is 5.92 Å². The Labute approximate surface area is 161 Å². The second kappa shape index (κ2) is 10.9. The molecule has 0 radical (unpaired) electrons. The monoisotopic (exact) mass is 451 g/mol. The zero-order chi connectivity index (χ0) is 16.7. The van der Waals surface area contributed by atoms with Gasteiger partial charge in [0, 0.05) is 52.0 Å². The van der Waals surface area contributed by atoms with Crippen LogP contribution < -0.4 is 5.32 Å². The van der Waals surface area contributed by atoms with Crippen LogP contribution in [0.15, 0.2) is 9.52 Å². The summed E-state index contributed by atoms with van der Waals surface area (Å²) in [6, 6.07) is 0. The first-order chi connectivity index (χ1) is 11.1. The van der Waals surface area contributed by atoms with Crippen molar-refractivity contribution < 1.29 is 9.26 Å². The first-order valence-electron chi connectivity index (χ1n) is 8.42. The van der Waals surface area contributed by atoms with Crippen LogP contribution >= 0.6 is 24.0 Å². The molecule has 8 heteroatoms. The fourth-order valence-corrected chi connectivity index (χ4v) is 2.63. The summed E-state index contributed by atoms with van der Waals surface area (Å²) >= 11 is 0. The largest absolute Gasteiger partial charge is 0.381 e. The quantitative estimate of drug-likeness (QED) is 0.297. The van der Waals surface area contributed by atoms with Gasteiger partial charge in [0.15, 0.2) is 11.8 Å². The molecule has 7 nitrogen and oxygen atoms in total. The zero-order valence-corrected chi connectivity index (χ0v) is 17.4. The van der Waals surface area contributed by atoms with Gasteiger partial charge in [-0.15, -0.1) is 24.0 Å². The molecule has 0 spiro atoms. The number of nitrogens with one attached hydrogen (secondary N) is 1. The molecule has 1 fully saturated rings. The van der Waals surface area contributed by atoms with Gasteiger partial charge in [-0.25, -0.2) is 0 Å². The van der Waals surface area contributed by atoms with Crippen molar-refractivity contribution in [3.05, 3.63) is 11.7 Å². The van der Waals surface area contributed by atoms with Crippen LogP contribution in [-0.4, -0.2) is 61.4 Å². The molecule has 2 rings (SSSR count). The fourth-order valence-electron chi connectivity index (χ4n) is 2.63. The molecular weight excluding hydrogens is 421 g/mol. The molecule has 2 heterocycles. The van der Waals surface area contributed by atoms with Crippen molar-refractivity contribution in [3.63, 3.8) is 0 Å². The van der Waals surface area contributed by atoms with Crippen molar-refractivity contribution in [1.29, 1.82) is 0 Å². The standard InChI is InChI=1S/C16H29N5O2.HI/c1-12(2)15-19-14(23-20-15)6-5-8-18-16(17-3)21(4)10-13-7-9-22-11-13;/h12-13H,5-11H2,1-4H3,(H,17,18);1H. The summed E-state index contributed by atoms with van der Waals surface area (Å²) in [5.74, 6) is 3.32. The van der Waals surface area contributed by atoms with Gasteiger partial charge in [-0.2, -0.15) is 4.98 Å². The van der Waals surface area contributed by atoms with E-state index in [-0.39, 0.29) is 24.0 Å². The number of ether oxygens (including phenoxy) is 1. The van der Waals surface area contributed by atoms with Gasteiger partial charge in [0.2, 0.25) is 5.89 Å². The highest BCUT2D eigenvalue weighted by Crippen LogP contribution is 2.13. The van der Waals surface area contributed by atoms with Crippen molar-refractivity contribution in [1.82, 2.24) is 20.4 Å². The van der Waals surface area contributed by atoms with E-state index < -0.39 is 0 Å². The molecule has 1 aliphatic rings. The summed E-state index contributed by atoms with van der Waals surface area (Å²) in [6.45, 7) is 7.67. The first-order valence-corrected chi connectivity index (χ1v) is 8.42. The van der Waals surface area contributed by atoms with Crippen LogP contribution in [0.2, 0.25) is 0 Å². The van der Waals surface area contributed by atoms with Crippen molar-refractivity contribution in [3.8, 4) is 0 Å². The molecule has 0 saturated carbocycles. The molecule has 0 bridgehead atoms. The Kier molecular flexibility index (Phi) is 9.57. The van der Waals surface area contributed by atoms with Gasteiger partial charge < -0.3 is 19.5 Å². The number of rotatable bonds is 7. The van der Waals surface area contributed by atoms with E-state index in [1.165, 1.54) is 0 Å². The lowest BCUT2D eigenvalue weighted by Gasteiger charge is -2.24. The van der Waals surface area contributed by atoms with E-state index in [9.17, 15) is 0 Å². The van der Waals surface area contributed by atoms with Crippen LogP contribution in [-0.2, 0) is 11.2 Å². The lowest BCUT2D eigenvalue weighted by atomic mass is 10.1. The number of aryl methyl sites for hydroxylation is 1. The highest BCUT2D eigenvalue weighted by Gasteiger charge is 2.19. The van der Waals surface area contributed by atoms with Crippen molar-refractivity contribution in [2.75, 3.05) is 40.4 Å². The third kappa shape index (κ3) is 6.54. The highest BCUT2D eigenvalue weighted by atomic mass is 127. The summed E-state index contributed by atoms with van der Waals surface area (Å²) in [5.41, 5.74) is 0. The topological polar surface area (TPSA) is 75.8 Å². The number of hydrogen-bond donors (Lipinski definition) is 1. The second-order valence-corrected chi connectivity index (χ2v) is 6.39. The molecule has 1 unspecified atom stereocenters. The Hall–Kier alpha value is -0.900. The number of aromatic nitrogens is 2. The van der Waals surface area contributed by atoms with Crippen LogP contribution in [0.25, 0.3) is 0 Å². The number of guanidine groups is 1. The molecule has 0 aliphatic carbocycles. The molecule has 138 valence electrons. The summed E-state index contributed by atoms with van der Waals surface area (Å²) in [7, 11) is 3.89. The average Bonchev–Trinajstić information content (AvgIpc) is 3.18. The maximum Gasteiger partial charge on any atom is 0.226 e. The van der Waals surface area contributed by atoms with E-state index in [4.69, 9.17) is 9.26 Å². The fraction of sp³-hybridized carbons (Fsp3) is 0.812. The minimum Gasteiger partial charge on any atom is -0.381 e. The average molecular weight is 451 g/mol. The summed E-state index contributed by atoms with van der Waals surface area (Å²) in [6.07, 6.45) is 2.85. The Balaban J connectivity index is 0.00000288. The summed E-state index contributed by atoms with van der Waals surface area (Å²) in [4.78, 5) is 10.9. The van der Waals surface area contributed by atoms with Crippen LogP contribution in [0.5, 0.6) is 0 Å². The van der Waals surface area contributed by atoms with E-state index in [2.05, 4.69) is 46.2 Å². The van der Waals surface area contributed by atoms with Crippen LogP contribution in [0.1, 0.15) is 44.3 Å². The minimum atomic E-state index is 0. The predicted octanol–water partition coefficient (Wildman–Crippen LogP) is 2.29. The van der Waals surface area contributed by atoms with E-state index in [1.54, 1.807) is 0 Å². The number of nitrogens with zero attached hydrogens (tertiary/aromatic N) is 4. The van der Waals surface area contributed by atoms with E-state index in [0.29, 0.717) is 17.7 Å². The van der Waals surface area contributed by atoms with Crippen LogP contribution in [0.4, 0.5) is 0 Å².